The first-order valence-electron chi connectivity index (χ1n) is 5.19. The molecule has 0 aliphatic heterocycles. The molecular weight excluding hydrogens is 206 g/mol. The Morgan fingerprint density at radius 3 is 2.88 bits per heavy atom. The zero-order valence-electron chi connectivity index (χ0n) is 9.48. The fourth-order valence-corrected chi connectivity index (χ4v) is 1.47. The second-order valence-corrected chi connectivity index (χ2v) is 3.89. The molecule has 0 atom stereocenters. The topological polar surface area (TPSA) is 53.7 Å². The van der Waals surface area contributed by atoms with Crippen LogP contribution in [0.25, 0.3) is 0 Å². The van der Waals surface area contributed by atoms with Gasteiger partial charge in [0.15, 0.2) is 0 Å². The summed E-state index contributed by atoms with van der Waals surface area (Å²) in [4.78, 5) is 12.5. The summed E-state index contributed by atoms with van der Waals surface area (Å²) in [6.07, 6.45) is 1.75. The number of hydrogen-bond donors (Lipinski definition) is 1. The van der Waals surface area contributed by atoms with Gasteiger partial charge in [0.25, 0.3) is 0 Å². The lowest BCUT2D eigenvalue weighted by molar-refractivity contribution is -0.137. The van der Waals surface area contributed by atoms with Crippen LogP contribution >= 0.6 is 0 Å². The highest BCUT2D eigenvalue weighted by molar-refractivity contribution is 5.66. The molecular formula is C12H17NO3. The van der Waals surface area contributed by atoms with Crippen LogP contribution in [0, 0.1) is 0 Å². The minimum atomic E-state index is -0.786. The van der Waals surface area contributed by atoms with E-state index in [4.69, 9.17) is 9.52 Å². The van der Waals surface area contributed by atoms with Crippen LogP contribution in [0.1, 0.15) is 19.1 Å². The molecule has 88 valence electrons. The highest BCUT2D eigenvalue weighted by atomic mass is 16.4. The highest BCUT2D eigenvalue weighted by Crippen LogP contribution is 2.07. The van der Waals surface area contributed by atoms with E-state index in [-0.39, 0.29) is 6.42 Å². The Kier molecular flexibility index (Phi) is 4.79. The summed E-state index contributed by atoms with van der Waals surface area (Å²) in [6.45, 7) is 7.57. The molecule has 0 saturated heterocycles. The molecule has 0 aliphatic rings. The Morgan fingerprint density at radius 2 is 2.38 bits per heavy atom. The molecule has 0 unspecified atom stereocenters. The van der Waals surface area contributed by atoms with E-state index in [0.29, 0.717) is 19.6 Å². The molecule has 1 N–H and O–H groups in total. The molecule has 1 aromatic heterocycles. The standard InChI is InChI=1S/C12H17NO3/c1-10(2)8-13(6-5-12(14)15)9-11-4-3-7-16-11/h3-4,7H,1,5-6,8-9H2,2H3,(H,14,15). The van der Waals surface area contributed by atoms with Crippen LogP contribution in [0.3, 0.4) is 0 Å². The fourth-order valence-electron chi connectivity index (χ4n) is 1.47. The van der Waals surface area contributed by atoms with Crippen molar-refractivity contribution in [2.45, 2.75) is 19.9 Å². The van der Waals surface area contributed by atoms with Crippen molar-refractivity contribution in [2.75, 3.05) is 13.1 Å². The monoisotopic (exact) mass is 223 g/mol. The maximum Gasteiger partial charge on any atom is 0.304 e. The minimum Gasteiger partial charge on any atom is -0.481 e. The summed E-state index contributed by atoms with van der Waals surface area (Å²) < 4.78 is 5.23. The smallest absolute Gasteiger partial charge is 0.304 e. The van der Waals surface area contributed by atoms with Gasteiger partial charge in [-0.2, -0.15) is 0 Å². The van der Waals surface area contributed by atoms with Crippen molar-refractivity contribution in [3.05, 3.63) is 36.3 Å². The first-order valence-corrected chi connectivity index (χ1v) is 5.19. The number of carbonyl (C=O) groups is 1. The maximum absolute atomic E-state index is 10.5. The zero-order chi connectivity index (χ0) is 12.0. The number of aliphatic carboxylic acids is 1. The molecule has 16 heavy (non-hydrogen) atoms. The van der Waals surface area contributed by atoms with E-state index in [2.05, 4.69) is 6.58 Å². The van der Waals surface area contributed by atoms with E-state index in [1.54, 1.807) is 6.26 Å². The zero-order valence-corrected chi connectivity index (χ0v) is 9.48. The van der Waals surface area contributed by atoms with Gasteiger partial charge in [0.2, 0.25) is 0 Å². The molecule has 0 saturated carbocycles. The van der Waals surface area contributed by atoms with Crippen LogP contribution in [0.4, 0.5) is 0 Å². The van der Waals surface area contributed by atoms with E-state index in [9.17, 15) is 4.79 Å². The first-order chi connectivity index (χ1) is 7.58. The third kappa shape index (κ3) is 4.79. The molecule has 0 spiro atoms. The van der Waals surface area contributed by atoms with Crippen LogP contribution in [0.5, 0.6) is 0 Å². The van der Waals surface area contributed by atoms with E-state index >= 15 is 0 Å². The average molecular weight is 223 g/mol. The summed E-state index contributed by atoms with van der Waals surface area (Å²) in [5.41, 5.74) is 1.01. The lowest BCUT2D eigenvalue weighted by Gasteiger charge is -2.20. The van der Waals surface area contributed by atoms with Crippen LogP contribution in [-0.2, 0) is 11.3 Å². The van der Waals surface area contributed by atoms with E-state index in [1.165, 1.54) is 0 Å². The van der Waals surface area contributed by atoms with Crippen molar-refractivity contribution >= 4 is 5.97 Å². The summed E-state index contributed by atoms with van der Waals surface area (Å²) in [6, 6.07) is 3.71. The molecule has 1 heterocycles. The third-order valence-corrected chi connectivity index (χ3v) is 2.09. The summed E-state index contributed by atoms with van der Waals surface area (Å²) in [5.74, 6) is 0.0535. The van der Waals surface area contributed by atoms with Gasteiger partial charge < -0.3 is 9.52 Å². The van der Waals surface area contributed by atoms with E-state index in [1.807, 2.05) is 24.0 Å². The molecule has 1 rings (SSSR count). The Labute approximate surface area is 95.2 Å². The lowest BCUT2D eigenvalue weighted by Crippen LogP contribution is -2.27. The Hall–Kier alpha value is -1.55. The Bertz CT molecular complexity index is 343. The summed E-state index contributed by atoms with van der Waals surface area (Å²) in [7, 11) is 0. The van der Waals surface area contributed by atoms with Crippen molar-refractivity contribution < 1.29 is 14.3 Å². The van der Waals surface area contributed by atoms with Crippen molar-refractivity contribution in [3.63, 3.8) is 0 Å². The van der Waals surface area contributed by atoms with Crippen LogP contribution in [-0.4, -0.2) is 29.1 Å². The van der Waals surface area contributed by atoms with Gasteiger partial charge in [-0.25, -0.2) is 0 Å². The number of furan rings is 1. The third-order valence-electron chi connectivity index (χ3n) is 2.09. The molecule has 0 bridgehead atoms. The van der Waals surface area contributed by atoms with Crippen LogP contribution in [0.2, 0.25) is 0 Å². The summed E-state index contributed by atoms with van der Waals surface area (Å²) in [5, 5.41) is 8.65. The van der Waals surface area contributed by atoms with Crippen LogP contribution in [0.15, 0.2) is 35.0 Å². The van der Waals surface area contributed by atoms with Gasteiger partial charge in [0, 0.05) is 13.1 Å². The fraction of sp³-hybridized carbons (Fsp3) is 0.417. The number of rotatable bonds is 7. The van der Waals surface area contributed by atoms with E-state index in [0.717, 1.165) is 11.3 Å². The molecule has 1 aromatic rings. The van der Waals surface area contributed by atoms with Gasteiger partial charge in [-0.3, -0.25) is 9.69 Å². The largest absolute Gasteiger partial charge is 0.481 e. The maximum atomic E-state index is 10.5. The number of carboxylic acids is 1. The lowest BCUT2D eigenvalue weighted by atomic mass is 10.2. The normalized spacial score (nSPS) is 10.6. The predicted molar refractivity (Wildman–Crippen MR) is 61.1 cm³/mol. The van der Waals surface area contributed by atoms with Crippen LogP contribution < -0.4 is 0 Å². The Balaban J connectivity index is 2.49. The Morgan fingerprint density at radius 1 is 1.62 bits per heavy atom. The average Bonchev–Trinajstić information content (AvgIpc) is 2.66. The molecule has 0 aliphatic carbocycles. The number of carboxylic acid groups (broad SMARTS) is 1. The van der Waals surface area contributed by atoms with Gasteiger partial charge >= 0.3 is 5.97 Å². The van der Waals surface area contributed by atoms with Gasteiger partial charge in [-0.05, 0) is 19.1 Å². The molecule has 4 heteroatoms. The predicted octanol–water partition coefficient (Wildman–Crippen LogP) is 2.13. The molecule has 0 amide bonds. The van der Waals surface area contributed by atoms with Gasteiger partial charge in [-0.15, -0.1) is 0 Å². The van der Waals surface area contributed by atoms with Crippen molar-refractivity contribution in [2.24, 2.45) is 0 Å². The summed E-state index contributed by atoms with van der Waals surface area (Å²) >= 11 is 0. The van der Waals surface area contributed by atoms with Gasteiger partial charge in [0.1, 0.15) is 5.76 Å². The van der Waals surface area contributed by atoms with Gasteiger partial charge in [-0.1, -0.05) is 12.2 Å². The minimum absolute atomic E-state index is 0.133. The quantitative estimate of drug-likeness (QED) is 0.719. The van der Waals surface area contributed by atoms with Crippen molar-refractivity contribution in [3.8, 4) is 0 Å². The number of hydrogen-bond acceptors (Lipinski definition) is 3. The molecule has 0 aromatic carbocycles. The first kappa shape index (κ1) is 12.5. The highest BCUT2D eigenvalue weighted by Gasteiger charge is 2.09. The number of nitrogens with zero attached hydrogens (tertiary/aromatic N) is 1. The molecule has 0 radical (unpaired) electrons. The van der Waals surface area contributed by atoms with Crippen molar-refractivity contribution in [1.82, 2.24) is 4.90 Å². The second kappa shape index (κ2) is 6.12. The van der Waals surface area contributed by atoms with E-state index < -0.39 is 5.97 Å². The van der Waals surface area contributed by atoms with Gasteiger partial charge in [0.05, 0.1) is 19.2 Å². The van der Waals surface area contributed by atoms with Crippen molar-refractivity contribution in [1.29, 1.82) is 0 Å². The molecule has 4 nitrogen and oxygen atoms in total. The SMILES string of the molecule is C=C(C)CN(CCC(=O)O)Cc1ccco1. The molecule has 0 fully saturated rings. The second-order valence-electron chi connectivity index (χ2n) is 3.89.